The van der Waals surface area contributed by atoms with Crippen LogP contribution in [-0.4, -0.2) is 34.1 Å². The van der Waals surface area contributed by atoms with E-state index in [-0.39, 0.29) is 30.5 Å². The van der Waals surface area contributed by atoms with Gasteiger partial charge in [-0.15, -0.1) is 0 Å². The van der Waals surface area contributed by atoms with Gasteiger partial charge in [0, 0.05) is 13.1 Å². The summed E-state index contributed by atoms with van der Waals surface area (Å²) in [4.78, 5) is 11.2. The van der Waals surface area contributed by atoms with E-state index in [1.54, 1.807) is 6.92 Å². The normalized spacial score (nSPS) is 11.4. The average molecular weight is 262 g/mol. The molecule has 1 aromatic rings. The summed E-state index contributed by atoms with van der Waals surface area (Å²) in [5, 5.41) is -0.339. The van der Waals surface area contributed by atoms with Crippen LogP contribution in [0.15, 0.2) is 21.6 Å². The Balaban J connectivity index is 2.84. The number of carbonyl (C=O) groups excluding carboxylic acids is 1. The minimum atomic E-state index is -3.75. The van der Waals surface area contributed by atoms with E-state index in [0.717, 1.165) is 0 Å². The number of esters is 1. The Morgan fingerprint density at radius 3 is 2.82 bits per heavy atom. The van der Waals surface area contributed by atoms with E-state index in [0.29, 0.717) is 0 Å². The molecule has 1 heterocycles. The standard InChI is InChI=1S/C9H14N2O5S/c1-2-15-9(12)7-3-4-8(16-7)17(13,14)11-6-5-10/h3-4,11H,2,5-6,10H2,1H3. The molecule has 8 heteroatoms. The summed E-state index contributed by atoms with van der Waals surface area (Å²) in [5.74, 6) is -0.854. The van der Waals surface area contributed by atoms with Crippen LogP contribution in [0.2, 0.25) is 0 Å². The minimum absolute atomic E-state index is 0.0950. The molecule has 1 aromatic heterocycles. The molecule has 7 nitrogen and oxygen atoms in total. The molecule has 96 valence electrons. The highest BCUT2D eigenvalue weighted by atomic mass is 32.2. The van der Waals surface area contributed by atoms with Crippen LogP contribution in [0.3, 0.4) is 0 Å². The van der Waals surface area contributed by atoms with Gasteiger partial charge in [0.2, 0.25) is 10.9 Å². The number of sulfonamides is 1. The Morgan fingerprint density at radius 2 is 2.24 bits per heavy atom. The van der Waals surface area contributed by atoms with Crippen LogP contribution in [0, 0.1) is 0 Å². The predicted molar refractivity (Wildman–Crippen MR) is 58.9 cm³/mol. The molecule has 0 atom stereocenters. The molecule has 0 saturated heterocycles. The molecule has 0 bridgehead atoms. The first-order chi connectivity index (χ1) is 8.01. The Hall–Kier alpha value is -1.38. The van der Waals surface area contributed by atoms with Gasteiger partial charge in [-0.2, -0.15) is 0 Å². The minimum Gasteiger partial charge on any atom is -0.460 e. The van der Waals surface area contributed by atoms with Crippen LogP contribution >= 0.6 is 0 Å². The summed E-state index contributed by atoms with van der Waals surface area (Å²) in [7, 11) is -3.75. The zero-order chi connectivity index (χ0) is 12.9. The molecule has 0 amide bonds. The van der Waals surface area contributed by atoms with Gasteiger partial charge in [-0.1, -0.05) is 0 Å². The Kier molecular flexibility index (Phi) is 4.67. The van der Waals surface area contributed by atoms with E-state index >= 15 is 0 Å². The van der Waals surface area contributed by atoms with Gasteiger partial charge in [-0.3, -0.25) is 0 Å². The molecule has 0 fully saturated rings. The summed E-state index contributed by atoms with van der Waals surface area (Å²) >= 11 is 0. The fourth-order valence-electron chi connectivity index (χ4n) is 1.04. The largest absolute Gasteiger partial charge is 0.460 e. The number of carbonyl (C=O) groups is 1. The van der Waals surface area contributed by atoms with Crippen molar-refractivity contribution in [3.8, 4) is 0 Å². The zero-order valence-corrected chi connectivity index (χ0v) is 10.1. The summed E-state index contributed by atoms with van der Waals surface area (Å²) < 4.78 is 34.9. The summed E-state index contributed by atoms with van der Waals surface area (Å²) in [6.07, 6.45) is 0. The molecule has 0 aromatic carbocycles. The maximum absolute atomic E-state index is 11.6. The topological polar surface area (TPSA) is 112 Å². The summed E-state index contributed by atoms with van der Waals surface area (Å²) in [6, 6.07) is 2.43. The van der Waals surface area contributed by atoms with E-state index < -0.39 is 16.0 Å². The number of rotatable bonds is 6. The maximum Gasteiger partial charge on any atom is 0.374 e. The van der Waals surface area contributed by atoms with E-state index in [4.69, 9.17) is 10.2 Å². The van der Waals surface area contributed by atoms with Crippen LogP contribution in [0.4, 0.5) is 0 Å². The second-order valence-corrected chi connectivity index (χ2v) is 4.72. The third kappa shape index (κ3) is 3.55. The first kappa shape index (κ1) is 13.7. The highest BCUT2D eigenvalue weighted by Gasteiger charge is 2.20. The van der Waals surface area contributed by atoms with Gasteiger partial charge >= 0.3 is 5.97 Å². The van der Waals surface area contributed by atoms with Crippen LogP contribution in [-0.2, 0) is 14.8 Å². The molecule has 0 aliphatic carbocycles. The van der Waals surface area contributed by atoms with Crippen molar-refractivity contribution in [3.05, 3.63) is 17.9 Å². The molecule has 0 aliphatic heterocycles. The number of furan rings is 1. The van der Waals surface area contributed by atoms with Gasteiger partial charge in [0.15, 0.2) is 0 Å². The van der Waals surface area contributed by atoms with Crippen LogP contribution in [0.1, 0.15) is 17.5 Å². The lowest BCUT2D eigenvalue weighted by atomic mass is 10.5. The molecule has 0 radical (unpaired) electrons. The van der Waals surface area contributed by atoms with Crippen molar-refractivity contribution in [1.29, 1.82) is 0 Å². The molecule has 0 aliphatic rings. The van der Waals surface area contributed by atoms with Crippen molar-refractivity contribution < 1.29 is 22.4 Å². The highest BCUT2D eigenvalue weighted by molar-refractivity contribution is 7.89. The number of hydrogen-bond donors (Lipinski definition) is 2. The van der Waals surface area contributed by atoms with Gasteiger partial charge in [0.25, 0.3) is 10.0 Å². The van der Waals surface area contributed by atoms with Crippen molar-refractivity contribution in [1.82, 2.24) is 4.72 Å². The third-order valence-electron chi connectivity index (χ3n) is 1.76. The predicted octanol–water partition coefficient (Wildman–Crippen LogP) is -0.307. The maximum atomic E-state index is 11.6. The average Bonchev–Trinajstić information content (AvgIpc) is 2.77. The zero-order valence-electron chi connectivity index (χ0n) is 9.30. The lowest BCUT2D eigenvalue weighted by molar-refractivity contribution is 0.0484. The smallest absolute Gasteiger partial charge is 0.374 e. The lowest BCUT2D eigenvalue weighted by Crippen LogP contribution is -2.28. The lowest BCUT2D eigenvalue weighted by Gasteiger charge is -2.01. The monoisotopic (exact) mass is 262 g/mol. The molecule has 17 heavy (non-hydrogen) atoms. The van der Waals surface area contributed by atoms with Gasteiger partial charge in [0.05, 0.1) is 6.61 Å². The second-order valence-electron chi connectivity index (χ2n) is 3.03. The number of nitrogens with two attached hydrogens (primary N) is 1. The quantitative estimate of drug-likeness (QED) is 0.680. The van der Waals surface area contributed by atoms with Crippen molar-refractivity contribution >= 4 is 16.0 Å². The summed E-state index contributed by atoms with van der Waals surface area (Å²) in [6.45, 7) is 2.09. The van der Waals surface area contributed by atoms with Gasteiger partial charge in [0.1, 0.15) is 0 Å². The number of nitrogens with one attached hydrogen (secondary N) is 1. The molecular weight excluding hydrogens is 248 g/mol. The SMILES string of the molecule is CCOC(=O)c1ccc(S(=O)(=O)NCCN)o1. The molecule has 0 unspecified atom stereocenters. The Labute approximate surface area is 99.0 Å². The van der Waals surface area contributed by atoms with Gasteiger partial charge in [-0.25, -0.2) is 17.9 Å². The molecular formula is C9H14N2O5S. The van der Waals surface area contributed by atoms with Crippen molar-refractivity contribution in [2.45, 2.75) is 12.0 Å². The fraction of sp³-hybridized carbons (Fsp3) is 0.444. The van der Waals surface area contributed by atoms with Crippen LogP contribution < -0.4 is 10.5 Å². The highest BCUT2D eigenvalue weighted by Crippen LogP contribution is 2.14. The molecule has 0 saturated carbocycles. The van der Waals surface area contributed by atoms with Crippen molar-refractivity contribution in [3.63, 3.8) is 0 Å². The summed E-state index contributed by atoms with van der Waals surface area (Å²) in [5.41, 5.74) is 5.18. The second kappa shape index (κ2) is 5.80. The number of ether oxygens (including phenoxy) is 1. The van der Waals surface area contributed by atoms with Gasteiger partial charge in [-0.05, 0) is 19.1 Å². The van der Waals surface area contributed by atoms with E-state index in [9.17, 15) is 13.2 Å². The van der Waals surface area contributed by atoms with E-state index in [1.165, 1.54) is 12.1 Å². The molecule has 3 N–H and O–H groups in total. The fourth-order valence-corrected chi connectivity index (χ4v) is 2.02. The Bertz CT molecular complexity index is 479. The third-order valence-corrected chi connectivity index (χ3v) is 3.09. The number of hydrogen-bond acceptors (Lipinski definition) is 6. The Morgan fingerprint density at radius 1 is 1.53 bits per heavy atom. The molecule has 1 rings (SSSR count). The van der Waals surface area contributed by atoms with Crippen LogP contribution in [0.25, 0.3) is 0 Å². The van der Waals surface area contributed by atoms with Crippen molar-refractivity contribution in [2.24, 2.45) is 5.73 Å². The van der Waals surface area contributed by atoms with E-state index in [2.05, 4.69) is 9.46 Å². The first-order valence-electron chi connectivity index (χ1n) is 4.98. The van der Waals surface area contributed by atoms with Crippen LogP contribution in [0.5, 0.6) is 0 Å². The van der Waals surface area contributed by atoms with Gasteiger partial charge < -0.3 is 14.9 Å². The molecule has 0 spiro atoms. The van der Waals surface area contributed by atoms with E-state index in [1.807, 2.05) is 0 Å². The first-order valence-corrected chi connectivity index (χ1v) is 6.46. The van der Waals surface area contributed by atoms with Crippen molar-refractivity contribution in [2.75, 3.05) is 19.7 Å².